The van der Waals surface area contributed by atoms with Crippen LogP contribution in [0.25, 0.3) is 11.0 Å². The molecule has 0 bridgehead atoms. The second-order valence-electron chi connectivity index (χ2n) is 9.75. The number of urea groups is 1. The molecule has 1 spiro atoms. The van der Waals surface area contributed by atoms with Crippen LogP contribution >= 0.6 is 0 Å². The summed E-state index contributed by atoms with van der Waals surface area (Å²) in [7, 11) is 0. The highest BCUT2D eigenvalue weighted by Gasteiger charge is 2.61. The first kappa shape index (κ1) is 23.6. The van der Waals surface area contributed by atoms with E-state index in [1.165, 1.54) is 4.90 Å². The summed E-state index contributed by atoms with van der Waals surface area (Å²) in [5.41, 5.74) is -1.47. The van der Waals surface area contributed by atoms with Crippen molar-refractivity contribution in [3.8, 4) is 0 Å². The molecule has 2 unspecified atom stereocenters. The van der Waals surface area contributed by atoms with Crippen LogP contribution in [0.1, 0.15) is 25.3 Å². The number of aromatic nitrogens is 1. The van der Waals surface area contributed by atoms with Crippen LogP contribution in [0, 0.1) is 11.2 Å². The van der Waals surface area contributed by atoms with E-state index in [0.717, 1.165) is 0 Å². The summed E-state index contributed by atoms with van der Waals surface area (Å²) in [6.07, 6.45) is -0.391. The number of fused-ring (bicyclic) bond motifs is 5. The van der Waals surface area contributed by atoms with Crippen molar-refractivity contribution in [1.29, 1.82) is 0 Å². The van der Waals surface area contributed by atoms with E-state index in [1.807, 2.05) is 0 Å². The number of morpholine rings is 1. The highest BCUT2D eigenvalue weighted by Crippen LogP contribution is 2.48. The zero-order valence-corrected chi connectivity index (χ0v) is 19.8. The van der Waals surface area contributed by atoms with Crippen LogP contribution in [0.4, 0.5) is 25.5 Å². The Hall–Kier alpha value is -3.78. The molecule has 1 aromatic heterocycles. The number of rotatable bonds is 4. The maximum absolute atomic E-state index is 16.1. The van der Waals surface area contributed by atoms with Crippen LogP contribution in [-0.4, -0.2) is 78.8 Å². The van der Waals surface area contributed by atoms with Crippen molar-refractivity contribution < 1.29 is 42.7 Å². The van der Waals surface area contributed by atoms with Crippen LogP contribution in [0.5, 0.6) is 0 Å². The molecule has 4 aliphatic rings. The fraction of sp³-hybridized carbons (Fsp3) is 0.522. The molecule has 14 heteroatoms. The summed E-state index contributed by atoms with van der Waals surface area (Å²) >= 11 is 0. The second kappa shape index (κ2) is 8.38. The Balaban J connectivity index is 1.51. The number of barbiturate groups is 1. The van der Waals surface area contributed by atoms with E-state index in [-0.39, 0.29) is 61.4 Å². The standard InChI is InChI=1S/C23H24FN5O8/c1-10-7-28-14(9-35-10)23(19(31)25-21(33)26-20(23)32)6-11-5-13-17(15(24)16(11)28)37-27-18(13)29-12(3-2-4-30)8-36-22(29)34/h5,10,12,14,30H,2-4,6-9H2,1H3,(H2,25,26,31,32,33)/t10-,12?,14?/m1/s1. The van der Waals surface area contributed by atoms with Gasteiger partial charge in [0.05, 0.1) is 35.9 Å². The van der Waals surface area contributed by atoms with E-state index in [1.54, 1.807) is 17.9 Å². The molecule has 3 fully saturated rings. The fourth-order valence-electron chi connectivity index (χ4n) is 5.85. The fourth-order valence-corrected chi connectivity index (χ4v) is 5.85. The molecule has 0 aliphatic carbocycles. The Morgan fingerprint density at radius 2 is 1.97 bits per heavy atom. The summed E-state index contributed by atoms with van der Waals surface area (Å²) < 4.78 is 32.4. The average Bonchev–Trinajstić information content (AvgIpc) is 3.43. The van der Waals surface area contributed by atoms with Gasteiger partial charge in [-0.2, -0.15) is 0 Å². The van der Waals surface area contributed by atoms with E-state index >= 15 is 4.39 Å². The summed E-state index contributed by atoms with van der Waals surface area (Å²) in [6, 6.07) is -0.685. The summed E-state index contributed by atoms with van der Waals surface area (Å²) in [5, 5.41) is 17.7. The van der Waals surface area contributed by atoms with Gasteiger partial charge in [-0.05, 0) is 31.4 Å². The molecular formula is C23H24FN5O8. The minimum atomic E-state index is -1.76. The summed E-state index contributed by atoms with van der Waals surface area (Å²) in [5.74, 6) is -2.29. The molecule has 196 valence electrons. The first-order chi connectivity index (χ1) is 17.8. The minimum Gasteiger partial charge on any atom is -0.447 e. The topological polar surface area (TPSA) is 164 Å². The predicted octanol–water partition coefficient (Wildman–Crippen LogP) is 0.567. The molecule has 3 atom stereocenters. The summed E-state index contributed by atoms with van der Waals surface area (Å²) in [6.45, 7) is 1.93. The third kappa shape index (κ3) is 3.31. The number of halogens is 1. The number of carbonyl (C=O) groups excluding carboxylic acids is 4. The monoisotopic (exact) mass is 517 g/mol. The van der Waals surface area contributed by atoms with Gasteiger partial charge in [0.1, 0.15) is 6.61 Å². The lowest BCUT2D eigenvalue weighted by Gasteiger charge is -2.52. The van der Waals surface area contributed by atoms with Crippen molar-refractivity contribution in [1.82, 2.24) is 15.8 Å². The smallest absolute Gasteiger partial charge is 0.416 e. The molecule has 4 aliphatic heterocycles. The molecule has 3 saturated heterocycles. The molecule has 37 heavy (non-hydrogen) atoms. The van der Waals surface area contributed by atoms with Gasteiger partial charge in [-0.15, -0.1) is 0 Å². The molecule has 0 radical (unpaired) electrons. The number of carbonyl (C=O) groups is 4. The minimum absolute atomic E-state index is 0.0407. The summed E-state index contributed by atoms with van der Waals surface area (Å²) in [4.78, 5) is 53.7. The Kier molecular flexibility index (Phi) is 5.35. The predicted molar refractivity (Wildman–Crippen MR) is 122 cm³/mol. The SMILES string of the molecule is C[C@@H]1CN2c3c(cc4c(N5C(=O)OCC5CCCO)noc4c3F)CC3(C(=O)NC(=O)NC3=O)C2CO1. The lowest BCUT2D eigenvalue weighted by Crippen LogP contribution is -2.73. The number of aliphatic hydroxyl groups is 1. The van der Waals surface area contributed by atoms with Crippen molar-refractivity contribution in [3.63, 3.8) is 0 Å². The Morgan fingerprint density at radius 3 is 2.70 bits per heavy atom. The highest BCUT2D eigenvalue weighted by atomic mass is 19.1. The maximum Gasteiger partial charge on any atom is 0.416 e. The molecule has 13 nitrogen and oxygen atoms in total. The Morgan fingerprint density at radius 1 is 1.22 bits per heavy atom. The number of hydrogen-bond acceptors (Lipinski definition) is 10. The van der Waals surface area contributed by atoms with Crippen molar-refractivity contribution in [2.45, 2.75) is 44.4 Å². The number of ether oxygens (including phenoxy) is 2. The molecule has 1 aromatic carbocycles. The molecule has 3 N–H and O–H groups in total. The van der Waals surface area contributed by atoms with E-state index in [0.29, 0.717) is 18.4 Å². The number of imide groups is 2. The van der Waals surface area contributed by atoms with Gasteiger partial charge in [0.25, 0.3) is 0 Å². The second-order valence-corrected chi connectivity index (χ2v) is 9.75. The maximum atomic E-state index is 16.1. The first-order valence-electron chi connectivity index (χ1n) is 12.0. The van der Waals surface area contributed by atoms with E-state index < -0.39 is 47.3 Å². The average molecular weight is 517 g/mol. The van der Waals surface area contributed by atoms with Crippen molar-refractivity contribution in [2.75, 3.05) is 36.2 Å². The molecule has 5 amide bonds. The van der Waals surface area contributed by atoms with Crippen molar-refractivity contribution in [3.05, 3.63) is 17.4 Å². The van der Waals surface area contributed by atoms with Crippen LogP contribution in [-0.2, 0) is 25.5 Å². The zero-order chi connectivity index (χ0) is 26.1. The normalized spacial score (nSPS) is 26.7. The van der Waals surface area contributed by atoms with Gasteiger partial charge in [0, 0.05) is 19.6 Å². The van der Waals surface area contributed by atoms with Gasteiger partial charge >= 0.3 is 12.1 Å². The Labute approximate surface area is 208 Å². The van der Waals surface area contributed by atoms with Crippen molar-refractivity contribution in [2.24, 2.45) is 5.41 Å². The number of nitrogens with one attached hydrogen (secondary N) is 2. The van der Waals surface area contributed by atoms with Crippen LogP contribution in [0.3, 0.4) is 0 Å². The highest BCUT2D eigenvalue weighted by molar-refractivity contribution is 6.20. The number of amides is 5. The largest absolute Gasteiger partial charge is 0.447 e. The van der Waals surface area contributed by atoms with Gasteiger partial charge in [-0.25, -0.2) is 14.0 Å². The molecule has 0 saturated carbocycles. The van der Waals surface area contributed by atoms with Crippen LogP contribution < -0.4 is 20.4 Å². The first-order valence-corrected chi connectivity index (χ1v) is 12.0. The number of anilines is 2. The number of nitrogens with zero attached hydrogens (tertiary/aromatic N) is 3. The van der Waals surface area contributed by atoms with Crippen LogP contribution in [0.2, 0.25) is 0 Å². The number of aliphatic hydroxyl groups excluding tert-OH is 1. The molecule has 2 aromatic rings. The van der Waals surface area contributed by atoms with Gasteiger partial charge in [-0.3, -0.25) is 25.1 Å². The van der Waals surface area contributed by atoms with Crippen LogP contribution in [0.15, 0.2) is 10.6 Å². The van der Waals surface area contributed by atoms with Gasteiger partial charge < -0.3 is 24.0 Å². The van der Waals surface area contributed by atoms with Gasteiger partial charge in [-0.1, -0.05) is 5.16 Å². The quantitative estimate of drug-likeness (QED) is 0.489. The van der Waals surface area contributed by atoms with E-state index in [9.17, 15) is 24.3 Å². The zero-order valence-electron chi connectivity index (χ0n) is 19.8. The molecule has 5 heterocycles. The third-order valence-corrected chi connectivity index (χ3v) is 7.58. The lowest BCUT2D eigenvalue weighted by atomic mass is 9.68. The number of hydrogen-bond donors (Lipinski definition) is 3. The van der Waals surface area contributed by atoms with Gasteiger partial charge in [0.2, 0.25) is 17.4 Å². The number of cyclic esters (lactones) is 1. The Bertz CT molecular complexity index is 1320. The molecule has 6 rings (SSSR count). The number of benzene rings is 1. The molecular weight excluding hydrogens is 493 g/mol. The lowest BCUT2D eigenvalue weighted by molar-refractivity contribution is -0.149. The van der Waals surface area contributed by atoms with E-state index in [2.05, 4.69) is 15.8 Å². The third-order valence-electron chi connectivity index (χ3n) is 7.58. The van der Waals surface area contributed by atoms with Gasteiger partial charge in [0.15, 0.2) is 17.1 Å². The van der Waals surface area contributed by atoms with E-state index in [4.69, 9.17) is 14.0 Å². The van der Waals surface area contributed by atoms with Crippen molar-refractivity contribution >= 4 is 46.4 Å².